The Kier molecular flexibility index (Phi) is 4.94. The molecule has 0 aliphatic carbocycles. The van der Waals surface area contributed by atoms with Crippen LogP contribution in [0.2, 0.25) is 0 Å². The number of benzene rings is 1. The van der Waals surface area contributed by atoms with Crippen LogP contribution in [0.15, 0.2) is 24.3 Å². The van der Waals surface area contributed by atoms with Gasteiger partial charge in [-0.25, -0.2) is 4.39 Å². The van der Waals surface area contributed by atoms with Gasteiger partial charge in [0.1, 0.15) is 5.82 Å². The molecule has 4 nitrogen and oxygen atoms in total. The van der Waals surface area contributed by atoms with Crippen LogP contribution in [0.1, 0.15) is 37.8 Å². The Morgan fingerprint density at radius 1 is 1.48 bits per heavy atom. The molecule has 21 heavy (non-hydrogen) atoms. The van der Waals surface area contributed by atoms with E-state index in [0.29, 0.717) is 12.1 Å². The van der Waals surface area contributed by atoms with E-state index in [2.05, 4.69) is 12.2 Å². The van der Waals surface area contributed by atoms with Crippen molar-refractivity contribution in [1.82, 2.24) is 10.2 Å². The molecule has 2 atom stereocenters. The molecule has 2 rings (SSSR count). The second-order valence-electron chi connectivity index (χ2n) is 5.46. The van der Waals surface area contributed by atoms with Crippen LogP contribution in [0.5, 0.6) is 0 Å². The van der Waals surface area contributed by atoms with Crippen LogP contribution < -0.4 is 5.32 Å². The van der Waals surface area contributed by atoms with E-state index in [-0.39, 0.29) is 24.1 Å². The number of carbonyl (C=O) groups excluding carboxylic acids is 2. The lowest BCUT2D eigenvalue weighted by Gasteiger charge is -2.25. The Labute approximate surface area is 124 Å². The first kappa shape index (κ1) is 15.5. The highest BCUT2D eigenvalue weighted by Crippen LogP contribution is 2.37. The first-order valence-electron chi connectivity index (χ1n) is 7.33. The SMILES string of the molecule is CCCCNC(=O)[C@H]1CC(=O)N(C)[C@@H]1c1cccc(F)c1. The van der Waals surface area contributed by atoms with Crippen molar-refractivity contribution in [2.45, 2.75) is 32.2 Å². The minimum Gasteiger partial charge on any atom is -0.356 e. The van der Waals surface area contributed by atoms with Gasteiger partial charge in [0.2, 0.25) is 11.8 Å². The van der Waals surface area contributed by atoms with Crippen LogP contribution in [0.3, 0.4) is 0 Å². The van der Waals surface area contributed by atoms with Gasteiger partial charge in [-0.05, 0) is 24.1 Å². The molecule has 1 aliphatic heterocycles. The fourth-order valence-corrected chi connectivity index (χ4v) is 2.77. The largest absolute Gasteiger partial charge is 0.356 e. The highest BCUT2D eigenvalue weighted by Gasteiger charge is 2.42. The second kappa shape index (κ2) is 6.70. The molecule has 0 saturated carbocycles. The molecule has 0 unspecified atom stereocenters. The van der Waals surface area contributed by atoms with E-state index in [1.807, 2.05) is 0 Å². The van der Waals surface area contributed by atoms with Crippen molar-refractivity contribution in [3.8, 4) is 0 Å². The molecule has 1 fully saturated rings. The highest BCUT2D eigenvalue weighted by atomic mass is 19.1. The Balaban J connectivity index is 2.19. The van der Waals surface area contributed by atoms with E-state index in [1.54, 1.807) is 24.1 Å². The molecule has 1 aromatic rings. The summed E-state index contributed by atoms with van der Waals surface area (Å²) in [6, 6.07) is 5.72. The zero-order valence-corrected chi connectivity index (χ0v) is 12.4. The number of unbranched alkanes of at least 4 members (excludes halogenated alkanes) is 1. The molecule has 0 radical (unpaired) electrons. The lowest BCUT2D eigenvalue weighted by Crippen LogP contribution is -2.35. The molecule has 5 heteroatoms. The molecule has 2 amide bonds. The van der Waals surface area contributed by atoms with Crippen LogP contribution in [0.4, 0.5) is 4.39 Å². The monoisotopic (exact) mass is 292 g/mol. The molecule has 0 spiro atoms. The summed E-state index contributed by atoms with van der Waals surface area (Å²) in [5, 5.41) is 2.87. The molecular formula is C16H21FN2O2. The van der Waals surface area contributed by atoms with Gasteiger partial charge in [0, 0.05) is 20.0 Å². The summed E-state index contributed by atoms with van der Waals surface area (Å²) < 4.78 is 13.4. The van der Waals surface area contributed by atoms with Crippen molar-refractivity contribution in [3.05, 3.63) is 35.6 Å². The fourth-order valence-electron chi connectivity index (χ4n) is 2.77. The lowest BCUT2D eigenvalue weighted by molar-refractivity contribution is -0.128. The minimum absolute atomic E-state index is 0.0834. The number of nitrogens with zero attached hydrogens (tertiary/aromatic N) is 1. The molecule has 1 aromatic carbocycles. The van der Waals surface area contributed by atoms with Gasteiger partial charge < -0.3 is 10.2 Å². The van der Waals surface area contributed by atoms with Crippen LogP contribution >= 0.6 is 0 Å². The third-order valence-electron chi connectivity index (χ3n) is 3.94. The highest BCUT2D eigenvalue weighted by molar-refractivity contribution is 5.90. The van der Waals surface area contributed by atoms with Gasteiger partial charge in [0.05, 0.1) is 12.0 Å². The average molecular weight is 292 g/mol. The van der Waals surface area contributed by atoms with Crippen LogP contribution in [0, 0.1) is 11.7 Å². The average Bonchev–Trinajstić information content (AvgIpc) is 2.75. The maximum Gasteiger partial charge on any atom is 0.226 e. The Morgan fingerprint density at radius 3 is 2.90 bits per heavy atom. The Morgan fingerprint density at radius 2 is 2.24 bits per heavy atom. The number of hydrogen-bond acceptors (Lipinski definition) is 2. The number of amides is 2. The van der Waals surface area contributed by atoms with E-state index in [0.717, 1.165) is 12.8 Å². The summed E-state index contributed by atoms with van der Waals surface area (Å²) in [7, 11) is 1.66. The predicted molar refractivity (Wildman–Crippen MR) is 77.9 cm³/mol. The van der Waals surface area contributed by atoms with Gasteiger partial charge >= 0.3 is 0 Å². The van der Waals surface area contributed by atoms with Crippen LogP contribution in [-0.2, 0) is 9.59 Å². The standard InChI is InChI=1S/C16H21FN2O2/c1-3-4-8-18-16(21)13-10-14(20)19(2)15(13)11-6-5-7-12(17)9-11/h5-7,9,13,15H,3-4,8,10H2,1-2H3,(H,18,21)/t13-,15+/m0/s1. The molecule has 1 saturated heterocycles. The number of likely N-dealkylation sites (tertiary alicyclic amines) is 1. The van der Waals surface area contributed by atoms with E-state index in [4.69, 9.17) is 0 Å². The van der Waals surface area contributed by atoms with E-state index in [1.165, 1.54) is 12.1 Å². The molecule has 1 heterocycles. The second-order valence-corrected chi connectivity index (χ2v) is 5.46. The van der Waals surface area contributed by atoms with Crippen molar-refractivity contribution in [2.24, 2.45) is 5.92 Å². The minimum atomic E-state index is -0.457. The molecule has 1 N–H and O–H groups in total. The summed E-state index contributed by atoms with van der Waals surface area (Å²) >= 11 is 0. The van der Waals surface area contributed by atoms with Crippen molar-refractivity contribution < 1.29 is 14.0 Å². The molecule has 0 aromatic heterocycles. The number of carbonyl (C=O) groups is 2. The smallest absolute Gasteiger partial charge is 0.226 e. The first-order valence-corrected chi connectivity index (χ1v) is 7.33. The van der Waals surface area contributed by atoms with Crippen molar-refractivity contribution in [1.29, 1.82) is 0 Å². The number of rotatable bonds is 5. The van der Waals surface area contributed by atoms with Crippen molar-refractivity contribution in [3.63, 3.8) is 0 Å². The number of hydrogen-bond donors (Lipinski definition) is 1. The molecule has 1 aliphatic rings. The zero-order chi connectivity index (χ0) is 15.4. The third kappa shape index (κ3) is 3.40. The molecule has 0 bridgehead atoms. The summed E-state index contributed by atoms with van der Waals surface area (Å²) in [4.78, 5) is 25.8. The Bertz CT molecular complexity index is 533. The quantitative estimate of drug-likeness (QED) is 0.846. The predicted octanol–water partition coefficient (Wildman–Crippen LogP) is 2.26. The van der Waals surface area contributed by atoms with Gasteiger partial charge in [0.25, 0.3) is 0 Å². The first-order chi connectivity index (χ1) is 10.0. The van der Waals surface area contributed by atoms with Gasteiger partial charge in [-0.1, -0.05) is 25.5 Å². The summed E-state index contributed by atoms with van der Waals surface area (Å²) in [5.74, 6) is -1.03. The summed E-state index contributed by atoms with van der Waals surface area (Å²) in [5.41, 5.74) is 0.666. The maximum absolute atomic E-state index is 13.4. The summed E-state index contributed by atoms with van der Waals surface area (Å²) in [6.07, 6.45) is 2.08. The number of halogens is 1. The van der Waals surface area contributed by atoms with Gasteiger partial charge in [-0.15, -0.1) is 0 Å². The van der Waals surface area contributed by atoms with Crippen molar-refractivity contribution >= 4 is 11.8 Å². The van der Waals surface area contributed by atoms with Gasteiger partial charge in [-0.3, -0.25) is 9.59 Å². The summed E-state index contributed by atoms with van der Waals surface area (Å²) in [6.45, 7) is 2.66. The normalized spacial score (nSPS) is 21.7. The van der Waals surface area contributed by atoms with Crippen LogP contribution in [0.25, 0.3) is 0 Å². The maximum atomic E-state index is 13.4. The zero-order valence-electron chi connectivity index (χ0n) is 12.4. The fraction of sp³-hybridized carbons (Fsp3) is 0.500. The van der Waals surface area contributed by atoms with E-state index < -0.39 is 12.0 Å². The topological polar surface area (TPSA) is 49.4 Å². The third-order valence-corrected chi connectivity index (χ3v) is 3.94. The Hall–Kier alpha value is -1.91. The van der Waals surface area contributed by atoms with Gasteiger partial charge in [0.15, 0.2) is 0 Å². The molecular weight excluding hydrogens is 271 g/mol. The lowest BCUT2D eigenvalue weighted by atomic mass is 9.93. The van der Waals surface area contributed by atoms with Gasteiger partial charge in [-0.2, -0.15) is 0 Å². The van der Waals surface area contributed by atoms with Crippen LogP contribution in [-0.4, -0.2) is 30.3 Å². The number of nitrogens with one attached hydrogen (secondary N) is 1. The van der Waals surface area contributed by atoms with Crippen molar-refractivity contribution in [2.75, 3.05) is 13.6 Å². The molecule has 114 valence electrons. The van der Waals surface area contributed by atoms with E-state index >= 15 is 0 Å². The van der Waals surface area contributed by atoms with E-state index in [9.17, 15) is 14.0 Å².